The number of nitrogens with one attached hydrogen (secondary N) is 1. The molecule has 2 aromatic carbocycles. The summed E-state index contributed by atoms with van der Waals surface area (Å²) in [5.41, 5.74) is 4.25. The van der Waals surface area contributed by atoms with Gasteiger partial charge in [-0.05, 0) is 67.1 Å². The van der Waals surface area contributed by atoms with Gasteiger partial charge in [-0.2, -0.15) is 5.10 Å². The Bertz CT molecular complexity index is 1230. The van der Waals surface area contributed by atoms with E-state index in [1.54, 1.807) is 14.2 Å². The summed E-state index contributed by atoms with van der Waals surface area (Å²) >= 11 is 0. The van der Waals surface area contributed by atoms with Gasteiger partial charge in [0.2, 0.25) is 0 Å². The molecule has 1 aliphatic carbocycles. The van der Waals surface area contributed by atoms with Crippen molar-refractivity contribution in [2.45, 2.75) is 64.5 Å². The maximum atomic E-state index is 13.8. The van der Waals surface area contributed by atoms with Crippen LogP contribution in [0.15, 0.2) is 42.5 Å². The Kier molecular flexibility index (Phi) is 7.40. The first-order valence-corrected chi connectivity index (χ1v) is 13.4. The molecule has 1 aliphatic heterocycles. The maximum absolute atomic E-state index is 13.8. The largest absolute Gasteiger partial charge is 0.497 e. The smallest absolute Gasteiger partial charge is 0.273 e. The molecular weight excluding hydrogens is 466 g/mol. The fourth-order valence-corrected chi connectivity index (χ4v) is 5.58. The Morgan fingerprint density at radius 3 is 2.43 bits per heavy atom. The van der Waals surface area contributed by atoms with Crippen molar-refractivity contribution in [3.05, 3.63) is 59.3 Å². The number of aromatic nitrogens is 2. The Hall–Kier alpha value is -3.48. The minimum Gasteiger partial charge on any atom is -0.497 e. The summed E-state index contributed by atoms with van der Waals surface area (Å²) in [6, 6.07) is 13.9. The van der Waals surface area contributed by atoms with E-state index in [0.717, 1.165) is 66.0 Å². The molecule has 7 nitrogen and oxygen atoms in total. The quantitative estimate of drug-likeness (QED) is 0.366. The molecule has 196 valence electrons. The summed E-state index contributed by atoms with van der Waals surface area (Å²) in [5, 5.41) is 7.70. The van der Waals surface area contributed by atoms with Crippen LogP contribution in [0.1, 0.15) is 80.0 Å². The number of aromatic amines is 1. The lowest BCUT2D eigenvalue weighted by Crippen LogP contribution is -2.40. The zero-order valence-electron chi connectivity index (χ0n) is 22.3. The van der Waals surface area contributed by atoms with Crippen LogP contribution in [-0.4, -0.2) is 47.9 Å². The molecule has 1 atom stereocenters. The fourth-order valence-electron chi connectivity index (χ4n) is 5.58. The second-order valence-corrected chi connectivity index (χ2v) is 10.4. The minimum atomic E-state index is -0.250. The highest BCUT2D eigenvalue weighted by Gasteiger charge is 2.45. The highest BCUT2D eigenvalue weighted by molar-refractivity contribution is 6.00. The normalized spacial score (nSPS) is 17.8. The lowest BCUT2D eigenvalue weighted by Gasteiger charge is -2.36. The van der Waals surface area contributed by atoms with E-state index in [-0.39, 0.29) is 18.0 Å². The molecule has 1 N–H and O–H groups in total. The molecule has 0 saturated heterocycles. The second-order valence-electron chi connectivity index (χ2n) is 10.4. The van der Waals surface area contributed by atoms with Gasteiger partial charge in [0.05, 0.1) is 32.6 Å². The van der Waals surface area contributed by atoms with Gasteiger partial charge in [0, 0.05) is 17.2 Å². The van der Waals surface area contributed by atoms with E-state index in [1.165, 1.54) is 6.42 Å². The minimum absolute atomic E-state index is 0.0235. The van der Waals surface area contributed by atoms with E-state index in [0.29, 0.717) is 24.0 Å². The topological polar surface area (TPSA) is 76.7 Å². The molecule has 1 saturated carbocycles. The van der Waals surface area contributed by atoms with Gasteiger partial charge in [-0.25, -0.2) is 0 Å². The zero-order chi connectivity index (χ0) is 25.9. The first-order chi connectivity index (χ1) is 18.0. The summed E-state index contributed by atoms with van der Waals surface area (Å²) in [6.45, 7) is 5.00. The van der Waals surface area contributed by atoms with Gasteiger partial charge in [-0.15, -0.1) is 0 Å². The van der Waals surface area contributed by atoms with Crippen LogP contribution in [0.2, 0.25) is 0 Å². The number of carbonyl (C=O) groups excluding carboxylic acids is 1. The van der Waals surface area contributed by atoms with Crippen molar-refractivity contribution in [1.82, 2.24) is 15.1 Å². The van der Waals surface area contributed by atoms with Crippen LogP contribution in [0.5, 0.6) is 17.2 Å². The van der Waals surface area contributed by atoms with Gasteiger partial charge in [0.25, 0.3) is 5.91 Å². The Labute approximate surface area is 219 Å². The molecule has 37 heavy (non-hydrogen) atoms. The molecule has 0 radical (unpaired) electrons. The first kappa shape index (κ1) is 25.2. The molecule has 1 unspecified atom stereocenters. The maximum Gasteiger partial charge on any atom is 0.273 e. The summed E-state index contributed by atoms with van der Waals surface area (Å²) < 4.78 is 17.2. The molecule has 1 fully saturated rings. The third-order valence-corrected chi connectivity index (χ3v) is 7.59. The SMILES string of the molecule is COc1ccc(-c2n[nH]c3c2C(c2ccc(OCCC(C)C)c(OC)c2)N(C2CCCCC2)C3=O)cc1. The van der Waals surface area contributed by atoms with Crippen LogP contribution in [-0.2, 0) is 0 Å². The standard InChI is InChI=1S/C30H37N3O4/c1-19(2)16-17-37-24-15-12-21(18-25(24)36-4)29-26-27(20-10-13-23(35-3)14-11-20)31-32-28(26)30(34)33(29)22-8-6-5-7-9-22/h10-15,18-19,22,29H,5-9,16-17H2,1-4H3,(H,31,32). The highest BCUT2D eigenvalue weighted by Crippen LogP contribution is 2.47. The monoisotopic (exact) mass is 503 g/mol. The second kappa shape index (κ2) is 10.9. The van der Waals surface area contributed by atoms with Crippen LogP contribution < -0.4 is 14.2 Å². The van der Waals surface area contributed by atoms with Gasteiger partial charge >= 0.3 is 0 Å². The van der Waals surface area contributed by atoms with E-state index in [2.05, 4.69) is 35.0 Å². The Morgan fingerprint density at radius 1 is 1.00 bits per heavy atom. The van der Waals surface area contributed by atoms with Crippen molar-refractivity contribution >= 4 is 5.91 Å². The third kappa shape index (κ3) is 4.91. The zero-order valence-corrected chi connectivity index (χ0v) is 22.3. The molecule has 5 rings (SSSR count). The molecule has 3 aromatic rings. The number of carbonyl (C=O) groups is 1. The van der Waals surface area contributed by atoms with Gasteiger partial charge in [0.15, 0.2) is 11.5 Å². The van der Waals surface area contributed by atoms with Crippen LogP contribution in [0.4, 0.5) is 0 Å². The number of amides is 1. The lowest BCUT2D eigenvalue weighted by molar-refractivity contribution is 0.0606. The molecule has 1 aromatic heterocycles. The number of H-pyrrole nitrogens is 1. The van der Waals surface area contributed by atoms with Crippen LogP contribution >= 0.6 is 0 Å². The summed E-state index contributed by atoms with van der Waals surface area (Å²) in [6.07, 6.45) is 6.52. The van der Waals surface area contributed by atoms with E-state index >= 15 is 0 Å². The average molecular weight is 504 g/mol. The predicted molar refractivity (Wildman–Crippen MR) is 143 cm³/mol. The van der Waals surface area contributed by atoms with Crippen molar-refractivity contribution < 1.29 is 19.0 Å². The van der Waals surface area contributed by atoms with Crippen molar-refractivity contribution in [1.29, 1.82) is 0 Å². The number of ether oxygens (including phenoxy) is 3. The van der Waals surface area contributed by atoms with Crippen LogP contribution in [0.3, 0.4) is 0 Å². The molecule has 1 amide bonds. The van der Waals surface area contributed by atoms with E-state index in [4.69, 9.17) is 14.2 Å². The van der Waals surface area contributed by atoms with Gasteiger partial charge in [0.1, 0.15) is 11.4 Å². The number of hydrogen-bond donors (Lipinski definition) is 1. The number of nitrogens with zero attached hydrogens (tertiary/aromatic N) is 2. The first-order valence-electron chi connectivity index (χ1n) is 13.4. The molecule has 2 aliphatic rings. The summed E-state index contributed by atoms with van der Waals surface area (Å²) in [5.74, 6) is 2.78. The predicted octanol–water partition coefficient (Wildman–Crippen LogP) is 6.40. The van der Waals surface area contributed by atoms with Gasteiger partial charge in [-0.3, -0.25) is 9.89 Å². The lowest BCUT2D eigenvalue weighted by atomic mass is 9.90. The van der Waals surface area contributed by atoms with Crippen molar-refractivity contribution in [2.24, 2.45) is 5.92 Å². The van der Waals surface area contributed by atoms with Crippen molar-refractivity contribution in [3.8, 4) is 28.5 Å². The van der Waals surface area contributed by atoms with Crippen LogP contribution in [0, 0.1) is 5.92 Å². The van der Waals surface area contributed by atoms with E-state index in [1.807, 2.05) is 36.4 Å². The third-order valence-electron chi connectivity index (χ3n) is 7.59. The summed E-state index contributed by atoms with van der Waals surface area (Å²) in [4.78, 5) is 15.9. The van der Waals surface area contributed by atoms with Gasteiger partial charge < -0.3 is 19.1 Å². The molecule has 0 spiro atoms. The average Bonchev–Trinajstić information content (AvgIpc) is 3.48. The number of benzene rings is 2. The Balaban J connectivity index is 1.57. The summed E-state index contributed by atoms with van der Waals surface area (Å²) in [7, 11) is 3.32. The number of methoxy groups -OCH3 is 2. The van der Waals surface area contributed by atoms with Gasteiger partial charge in [-0.1, -0.05) is 39.2 Å². The van der Waals surface area contributed by atoms with E-state index < -0.39 is 0 Å². The van der Waals surface area contributed by atoms with Crippen LogP contribution in [0.25, 0.3) is 11.3 Å². The van der Waals surface area contributed by atoms with Crippen molar-refractivity contribution in [3.63, 3.8) is 0 Å². The molecule has 2 heterocycles. The Morgan fingerprint density at radius 2 is 1.76 bits per heavy atom. The number of hydrogen-bond acceptors (Lipinski definition) is 5. The molecular formula is C30H37N3O4. The van der Waals surface area contributed by atoms with E-state index in [9.17, 15) is 4.79 Å². The fraction of sp³-hybridized carbons (Fsp3) is 0.467. The molecule has 0 bridgehead atoms. The molecule has 7 heteroatoms. The van der Waals surface area contributed by atoms with Crippen molar-refractivity contribution in [2.75, 3.05) is 20.8 Å². The number of rotatable bonds is 9. The number of fused-ring (bicyclic) bond motifs is 1. The highest BCUT2D eigenvalue weighted by atomic mass is 16.5.